The summed E-state index contributed by atoms with van der Waals surface area (Å²) in [6, 6.07) is 25.1. The summed E-state index contributed by atoms with van der Waals surface area (Å²) in [5.74, 6) is 0. The molecule has 0 aliphatic heterocycles. The van der Waals surface area contributed by atoms with Gasteiger partial charge < -0.3 is 0 Å². The first-order chi connectivity index (χ1) is 16.2. The highest BCUT2D eigenvalue weighted by atomic mass is 16.1. The standard InChI is InChI=1S/C26H18N6O/c1-17-9-5-6-10-18(17)15-28-32-24-22(23-25(32)30-21-14-8-7-13-20(21)29-23)26(33)31(16-27-24)19-11-3-2-4-12-19/h2-16H,1H3/p+1/b28-15+. The highest BCUT2D eigenvalue weighted by Crippen LogP contribution is 2.24. The Balaban J connectivity index is 1.69. The lowest BCUT2D eigenvalue weighted by Gasteiger charge is -2.00. The average molecular weight is 431 g/mol. The molecule has 0 spiro atoms. The Morgan fingerprint density at radius 3 is 2.36 bits per heavy atom. The van der Waals surface area contributed by atoms with E-state index in [1.165, 1.54) is 0 Å². The Hall–Kier alpha value is -4.65. The van der Waals surface area contributed by atoms with Crippen LogP contribution in [0.5, 0.6) is 0 Å². The minimum absolute atomic E-state index is 0.186. The van der Waals surface area contributed by atoms with E-state index in [2.05, 4.69) is 4.98 Å². The molecule has 0 saturated carbocycles. The van der Waals surface area contributed by atoms with Gasteiger partial charge in [0.05, 0.1) is 17.2 Å². The van der Waals surface area contributed by atoms with Gasteiger partial charge in [-0.05, 0) is 42.3 Å². The van der Waals surface area contributed by atoms with Gasteiger partial charge in [-0.1, -0.05) is 54.6 Å². The second-order valence-electron chi connectivity index (χ2n) is 7.81. The minimum atomic E-state index is -0.186. The Labute approximate surface area is 188 Å². The summed E-state index contributed by atoms with van der Waals surface area (Å²) in [4.78, 5) is 26.5. The van der Waals surface area contributed by atoms with Gasteiger partial charge >= 0.3 is 5.56 Å². The zero-order valence-electron chi connectivity index (χ0n) is 17.8. The first-order valence-corrected chi connectivity index (χ1v) is 10.6. The Morgan fingerprint density at radius 2 is 1.58 bits per heavy atom. The number of aryl methyl sites for hydroxylation is 1. The van der Waals surface area contributed by atoms with Crippen LogP contribution in [0.1, 0.15) is 11.1 Å². The van der Waals surface area contributed by atoms with Crippen LogP contribution in [0.15, 0.2) is 95.1 Å². The fourth-order valence-electron chi connectivity index (χ4n) is 4.02. The number of hydrogen-bond donors (Lipinski definition) is 0. The van der Waals surface area contributed by atoms with Crippen LogP contribution in [0.3, 0.4) is 0 Å². The van der Waals surface area contributed by atoms with Crippen molar-refractivity contribution in [2.24, 2.45) is 5.10 Å². The van der Waals surface area contributed by atoms with E-state index in [0.29, 0.717) is 22.2 Å². The van der Waals surface area contributed by atoms with Crippen LogP contribution in [0, 0.1) is 6.92 Å². The lowest BCUT2D eigenvalue weighted by molar-refractivity contribution is -0.356. The molecule has 0 amide bonds. The molecule has 7 heteroatoms. The van der Waals surface area contributed by atoms with Crippen LogP contribution in [-0.4, -0.2) is 25.4 Å². The first-order valence-electron chi connectivity index (χ1n) is 10.6. The zero-order chi connectivity index (χ0) is 22.4. The van der Waals surface area contributed by atoms with E-state index >= 15 is 0 Å². The summed E-state index contributed by atoms with van der Waals surface area (Å²) >= 11 is 0. The van der Waals surface area contributed by atoms with Gasteiger partial charge in [0, 0.05) is 0 Å². The second kappa shape index (κ2) is 7.49. The number of aromatic amines is 1. The van der Waals surface area contributed by atoms with E-state index < -0.39 is 0 Å². The largest absolute Gasteiger partial charge is 0.327 e. The van der Waals surface area contributed by atoms with Crippen LogP contribution in [0.4, 0.5) is 0 Å². The molecular formula is C26H19N6O+. The van der Waals surface area contributed by atoms with Crippen molar-refractivity contribution < 1.29 is 4.98 Å². The molecule has 0 bridgehead atoms. The highest BCUT2D eigenvalue weighted by molar-refractivity contribution is 6.04. The van der Waals surface area contributed by atoms with Crippen molar-refractivity contribution in [3.8, 4) is 5.69 Å². The third kappa shape index (κ3) is 3.10. The second-order valence-corrected chi connectivity index (χ2v) is 7.81. The maximum absolute atomic E-state index is 13.6. The normalized spacial score (nSPS) is 11.8. The van der Waals surface area contributed by atoms with Gasteiger partial charge in [-0.25, -0.2) is 19.7 Å². The van der Waals surface area contributed by atoms with Crippen molar-refractivity contribution in [1.82, 2.24) is 19.2 Å². The summed E-state index contributed by atoms with van der Waals surface area (Å²) in [6.07, 6.45) is 3.43. The summed E-state index contributed by atoms with van der Waals surface area (Å²) in [5, 5.41) is 5.15. The summed E-state index contributed by atoms with van der Waals surface area (Å²) in [7, 11) is 0. The van der Waals surface area contributed by atoms with E-state index in [-0.39, 0.29) is 5.56 Å². The van der Waals surface area contributed by atoms with E-state index in [1.807, 2.05) is 85.8 Å². The SMILES string of the molecule is Cc1ccccc1/C=N/n1c2nc3ccccc3nc2c2c(=O)n(-c3ccccc3)c[nH+]c21. The minimum Gasteiger partial charge on any atom is -0.250 e. The van der Waals surface area contributed by atoms with Crippen molar-refractivity contribution >= 4 is 39.4 Å². The highest BCUT2D eigenvalue weighted by Gasteiger charge is 2.25. The molecule has 3 aromatic carbocycles. The molecule has 7 nitrogen and oxygen atoms in total. The quantitative estimate of drug-likeness (QED) is 0.399. The number of aromatic nitrogens is 5. The number of nitrogens with zero attached hydrogens (tertiary/aromatic N) is 5. The number of rotatable bonds is 3. The molecule has 3 heterocycles. The molecule has 1 N–H and O–H groups in total. The summed E-state index contributed by atoms with van der Waals surface area (Å²) in [6.45, 7) is 2.03. The molecule has 0 radical (unpaired) electrons. The lowest BCUT2D eigenvalue weighted by Crippen LogP contribution is -2.25. The Bertz CT molecular complexity index is 1750. The number of H-pyrrole nitrogens is 1. The fraction of sp³-hybridized carbons (Fsp3) is 0.0385. The summed E-state index contributed by atoms with van der Waals surface area (Å²) in [5.41, 5.74) is 5.71. The van der Waals surface area contributed by atoms with Gasteiger partial charge in [0.2, 0.25) is 5.65 Å². The molecule has 33 heavy (non-hydrogen) atoms. The van der Waals surface area contributed by atoms with Crippen LogP contribution in [0.2, 0.25) is 0 Å². The van der Waals surface area contributed by atoms with Crippen molar-refractivity contribution in [2.75, 3.05) is 0 Å². The van der Waals surface area contributed by atoms with Crippen LogP contribution in [0.25, 0.3) is 38.9 Å². The number of benzene rings is 3. The van der Waals surface area contributed by atoms with Gasteiger partial charge in [0.1, 0.15) is 11.2 Å². The monoisotopic (exact) mass is 431 g/mol. The maximum Gasteiger partial charge on any atom is 0.327 e. The topological polar surface area (TPSA) is 79.2 Å². The van der Waals surface area contributed by atoms with Gasteiger partial charge in [-0.3, -0.25) is 0 Å². The predicted octanol–water partition coefficient (Wildman–Crippen LogP) is 3.89. The zero-order valence-corrected chi connectivity index (χ0v) is 17.8. The molecule has 0 aliphatic carbocycles. The number of hydrogen-bond acceptors (Lipinski definition) is 4. The van der Waals surface area contributed by atoms with E-state index in [4.69, 9.17) is 15.1 Å². The third-order valence-electron chi connectivity index (χ3n) is 5.74. The summed E-state index contributed by atoms with van der Waals surface area (Å²) < 4.78 is 3.24. The molecule has 0 atom stereocenters. The van der Waals surface area contributed by atoms with Crippen molar-refractivity contribution in [2.45, 2.75) is 6.92 Å². The van der Waals surface area contributed by atoms with Crippen molar-refractivity contribution in [3.05, 3.63) is 107 Å². The van der Waals surface area contributed by atoms with E-state index in [0.717, 1.165) is 27.8 Å². The van der Waals surface area contributed by atoms with Gasteiger partial charge in [-0.15, -0.1) is 9.78 Å². The molecule has 0 fully saturated rings. The Morgan fingerprint density at radius 1 is 0.879 bits per heavy atom. The number of para-hydroxylation sites is 3. The van der Waals surface area contributed by atoms with Crippen molar-refractivity contribution in [3.63, 3.8) is 0 Å². The molecule has 0 unspecified atom stereocenters. The number of fused-ring (bicyclic) bond motifs is 4. The molecule has 0 aliphatic rings. The lowest BCUT2D eigenvalue weighted by atomic mass is 10.1. The molecule has 0 saturated heterocycles. The molecule has 6 aromatic rings. The average Bonchev–Trinajstić information content (AvgIpc) is 3.16. The van der Waals surface area contributed by atoms with E-state index in [1.54, 1.807) is 21.8 Å². The van der Waals surface area contributed by atoms with Gasteiger partial charge in [0.15, 0.2) is 11.7 Å². The van der Waals surface area contributed by atoms with Crippen molar-refractivity contribution in [1.29, 1.82) is 0 Å². The van der Waals surface area contributed by atoms with Crippen LogP contribution in [-0.2, 0) is 0 Å². The first kappa shape index (κ1) is 19.1. The molecule has 158 valence electrons. The van der Waals surface area contributed by atoms with Crippen LogP contribution >= 0.6 is 0 Å². The van der Waals surface area contributed by atoms with E-state index in [9.17, 15) is 4.79 Å². The molecule has 6 rings (SSSR count). The maximum atomic E-state index is 13.6. The fourth-order valence-corrected chi connectivity index (χ4v) is 4.02. The third-order valence-corrected chi connectivity index (χ3v) is 5.74. The Kier molecular flexibility index (Phi) is 4.33. The van der Waals surface area contributed by atoms with Crippen LogP contribution < -0.4 is 10.5 Å². The van der Waals surface area contributed by atoms with Gasteiger partial charge in [0.25, 0.3) is 5.65 Å². The number of nitrogens with one attached hydrogen (secondary N) is 1. The molecule has 3 aromatic heterocycles. The molecular weight excluding hydrogens is 412 g/mol. The smallest absolute Gasteiger partial charge is 0.250 e. The van der Waals surface area contributed by atoms with Gasteiger partial charge in [-0.2, -0.15) is 4.57 Å². The predicted molar refractivity (Wildman–Crippen MR) is 129 cm³/mol.